The van der Waals surface area contributed by atoms with Gasteiger partial charge in [-0.3, -0.25) is 9.59 Å². The summed E-state index contributed by atoms with van der Waals surface area (Å²) in [4.78, 5) is 24.6. The number of hydrogen-bond acceptors (Lipinski definition) is 3. The molecule has 2 amide bonds. The molecule has 1 aliphatic rings. The average Bonchev–Trinajstić information content (AvgIpc) is 3.44. The Kier molecular flexibility index (Phi) is 5.56. The van der Waals surface area contributed by atoms with Crippen molar-refractivity contribution in [3.05, 3.63) is 59.7 Å². The van der Waals surface area contributed by atoms with Gasteiger partial charge in [-0.2, -0.15) is 0 Å². The van der Waals surface area contributed by atoms with Crippen LogP contribution >= 0.6 is 0 Å². The number of carbonyl (C=O) groups is 2. The van der Waals surface area contributed by atoms with Crippen LogP contribution in [-0.2, 0) is 4.79 Å². The Labute approximate surface area is 154 Å². The number of nitrogens with one attached hydrogen (secondary N) is 3. The lowest BCUT2D eigenvalue weighted by Gasteiger charge is -2.12. The number of rotatable bonds is 7. The molecule has 5 heteroatoms. The van der Waals surface area contributed by atoms with E-state index in [-0.39, 0.29) is 24.4 Å². The molecule has 0 atom stereocenters. The van der Waals surface area contributed by atoms with Crippen LogP contribution in [0.1, 0.15) is 48.5 Å². The number of carbonyl (C=O) groups excluding carboxylic acids is 2. The number of amides is 2. The fourth-order valence-electron chi connectivity index (χ4n) is 2.64. The molecule has 0 aliphatic heterocycles. The molecule has 2 aromatic rings. The van der Waals surface area contributed by atoms with Crippen molar-refractivity contribution < 1.29 is 9.59 Å². The number of para-hydroxylation sites is 1. The highest BCUT2D eigenvalue weighted by molar-refractivity contribution is 6.04. The maximum Gasteiger partial charge on any atom is 0.253 e. The molecule has 0 aromatic heterocycles. The van der Waals surface area contributed by atoms with E-state index in [0.717, 1.165) is 18.5 Å². The third kappa shape index (κ3) is 4.85. The summed E-state index contributed by atoms with van der Waals surface area (Å²) in [5, 5.41) is 8.88. The standard InChI is InChI=1S/C21H25N3O2/c1-14(2)15-7-9-16(10-8-15)22-13-20(25)24-19-6-4-3-5-18(19)21(26)23-17-11-12-17/h3-10,14,17,22H,11-13H2,1-2H3,(H,23,26)(H,24,25). The summed E-state index contributed by atoms with van der Waals surface area (Å²) < 4.78 is 0. The van der Waals surface area contributed by atoms with Crippen molar-refractivity contribution in [2.75, 3.05) is 17.2 Å². The van der Waals surface area contributed by atoms with E-state index in [0.29, 0.717) is 17.2 Å². The van der Waals surface area contributed by atoms with Gasteiger partial charge in [-0.15, -0.1) is 0 Å². The van der Waals surface area contributed by atoms with Crippen LogP contribution < -0.4 is 16.0 Å². The minimum absolute atomic E-state index is 0.138. The summed E-state index contributed by atoms with van der Waals surface area (Å²) >= 11 is 0. The largest absolute Gasteiger partial charge is 0.376 e. The van der Waals surface area contributed by atoms with Gasteiger partial charge < -0.3 is 16.0 Å². The van der Waals surface area contributed by atoms with Crippen LogP contribution in [0.15, 0.2) is 48.5 Å². The van der Waals surface area contributed by atoms with Crippen LogP contribution in [-0.4, -0.2) is 24.4 Å². The molecular weight excluding hydrogens is 326 g/mol. The van der Waals surface area contributed by atoms with Gasteiger partial charge in [0.05, 0.1) is 17.8 Å². The molecule has 0 saturated heterocycles. The SMILES string of the molecule is CC(C)c1ccc(NCC(=O)Nc2ccccc2C(=O)NC2CC2)cc1. The van der Waals surface area contributed by atoms with Gasteiger partial charge in [0.15, 0.2) is 0 Å². The molecule has 3 rings (SSSR count). The molecule has 1 aliphatic carbocycles. The van der Waals surface area contributed by atoms with Gasteiger partial charge in [-0.05, 0) is 48.6 Å². The van der Waals surface area contributed by atoms with Crippen LogP contribution in [0.4, 0.5) is 11.4 Å². The van der Waals surface area contributed by atoms with Gasteiger partial charge >= 0.3 is 0 Å². The van der Waals surface area contributed by atoms with Crippen molar-refractivity contribution in [1.29, 1.82) is 0 Å². The molecule has 0 radical (unpaired) electrons. The minimum Gasteiger partial charge on any atom is -0.376 e. The minimum atomic E-state index is -0.190. The van der Waals surface area contributed by atoms with Crippen LogP contribution in [0.5, 0.6) is 0 Å². The third-order valence-electron chi connectivity index (χ3n) is 4.39. The first-order valence-electron chi connectivity index (χ1n) is 9.06. The number of anilines is 2. The Bertz CT molecular complexity index is 780. The Morgan fingerprint density at radius 1 is 1.04 bits per heavy atom. The fraction of sp³-hybridized carbons (Fsp3) is 0.333. The lowest BCUT2D eigenvalue weighted by molar-refractivity contribution is -0.114. The van der Waals surface area contributed by atoms with E-state index in [1.54, 1.807) is 18.2 Å². The molecular formula is C21H25N3O2. The van der Waals surface area contributed by atoms with Crippen molar-refractivity contribution in [3.63, 3.8) is 0 Å². The van der Waals surface area contributed by atoms with E-state index < -0.39 is 0 Å². The van der Waals surface area contributed by atoms with Crippen LogP contribution in [0.2, 0.25) is 0 Å². The third-order valence-corrected chi connectivity index (χ3v) is 4.39. The fourth-order valence-corrected chi connectivity index (χ4v) is 2.64. The molecule has 5 nitrogen and oxygen atoms in total. The quantitative estimate of drug-likeness (QED) is 0.711. The topological polar surface area (TPSA) is 70.2 Å². The maximum atomic E-state index is 12.3. The first-order chi connectivity index (χ1) is 12.5. The Morgan fingerprint density at radius 3 is 2.38 bits per heavy atom. The van der Waals surface area contributed by atoms with E-state index in [1.807, 2.05) is 18.2 Å². The second-order valence-corrected chi connectivity index (χ2v) is 6.97. The summed E-state index contributed by atoms with van der Waals surface area (Å²) in [6.45, 7) is 4.43. The monoisotopic (exact) mass is 351 g/mol. The predicted octanol–water partition coefficient (Wildman–Crippen LogP) is 3.75. The molecule has 26 heavy (non-hydrogen) atoms. The number of hydrogen-bond donors (Lipinski definition) is 3. The molecule has 0 spiro atoms. The van der Waals surface area contributed by atoms with Crippen molar-refractivity contribution in [1.82, 2.24) is 5.32 Å². The van der Waals surface area contributed by atoms with E-state index in [2.05, 4.69) is 41.9 Å². The lowest BCUT2D eigenvalue weighted by Crippen LogP contribution is -2.28. The lowest BCUT2D eigenvalue weighted by atomic mass is 10.0. The maximum absolute atomic E-state index is 12.3. The van der Waals surface area contributed by atoms with E-state index in [1.165, 1.54) is 5.56 Å². The second-order valence-electron chi connectivity index (χ2n) is 6.97. The molecule has 0 heterocycles. The van der Waals surface area contributed by atoms with Crippen molar-refractivity contribution in [2.24, 2.45) is 0 Å². The van der Waals surface area contributed by atoms with Gasteiger partial charge in [-0.1, -0.05) is 38.1 Å². The first kappa shape index (κ1) is 18.0. The zero-order chi connectivity index (χ0) is 18.5. The van der Waals surface area contributed by atoms with Gasteiger partial charge in [-0.25, -0.2) is 0 Å². The van der Waals surface area contributed by atoms with Crippen LogP contribution in [0.25, 0.3) is 0 Å². The van der Waals surface area contributed by atoms with Crippen LogP contribution in [0, 0.1) is 0 Å². The van der Waals surface area contributed by atoms with Gasteiger partial charge in [0.2, 0.25) is 5.91 Å². The zero-order valence-electron chi connectivity index (χ0n) is 15.2. The summed E-state index contributed by atoms with van der Waals surface area (Å²) in [5.74, 6) is 0.149. The highest BCUT2D eigenvalue weighted by Gasteiger charge is 2.24. The molecule has 0 unspecified atom stereocenters. The molecule has 1 fully saturated rings. The summed E-state index contributed by atoms with van der Waals surface area (Å²) in [7, 11) is 0. The van der Waals surface area contributed by atoms with E-state index >= 15 is 0 Å². The predicted molar refractivity (Wildman–Crippen MR) is 105 cm³/mol. The molecule has 2 aromatic carbocycles. The van der Waals surface area contributed by atoms with Gasteiger partial charge in [0.1, 0.15) is 0 Å². The van der Waals surface area contributed by atoms with Crippen molar-refractivity contribution >= 4 is 23.2 Å². The summed E-state index contributed by atoms with van der Waals surface area (Å²) in [5.41, 5.74) is 3.18. The van der Waals surface area contributed by atoms with Crippen LogP contribution in [0.3, 0.4) is 0 Å². The molecule has 1 saturated carbocycles. The summed E-state index contributed by atoms with van der Waals surface area (Å²) in [6.07, 6.45) is 2.06. The smallest absolute Gasteiger partial charge is 0.253 e. The Hall–Kier alpha value is -2.82. The highest BCUT2D eigenvalue weighted by Crippen LogP contribution is 2.21. The molecule has 0 bridgehead atoms. The Balaban J connectivity index is 1.57. The Morgan fingerprint density at radius 2 is 1.73 bits per heavy atom. The van der Waals surface area contributed by atoms with Gasteiger partial charge in [0, 0.05) is 11.7 Å². The van der Waals surface area contributed by atoms with Gasteiger partial charge in [0.25, 0.3) is 5.91 Å². The van der Waals surface area contributed by atoms with E-state index in [9.17, 15) is 9.59 Å². The zero-order valence-corrected chi connectivity index (χ0v) is 15.2. The molecule has 136 valence electrons. The average molecular weight is 351 g/mol. The second kappa shape index (κ2) is 8.04. The highest BCUT2D eigenvalue weighted by atomic mass is 16.2. The first-order valence-corrected chi connectivity index (χ1v) is 9.06. The summed E-state index contributed by atoms with van der Waals surface area (Å²) in [6, 6.07) is 15.4. The van der Waals surface area contributed by atoms with Crippen molar-refractivity contribution in [3.8, 4) is 0 Å². The number of benzene rings is 2. The van der Waals surface area contributed by atoms with E-state index in [4.69, 9.17) is 0 Å². The van der Waals surface area contributed by atoms with Crippen molar-refractivity contribution in [2.45, 2.75) is 38.6 Å². The molecule has 3 N–H and O–H groups in total. The normalized spacial score (nSPS) is 13.3.